The van der Waals surface area contributed by atoms with Crippen LogP contribution in [-0.4, -0.2) is 0 Å². The van der Waals surface area contributed by atoms with Gasteiger partial charge in [0.05, 0.1) is 11.6 Å². The first kappa shape index (κ1) is 11.0. The molecule has 17 heavy (non-hydrogen) atoms. The highest BCUT2D eigenvalue weighted by molar-refractivity contribution is 5.69. The van der Waals surface area contributed by atoms with E-state index >= 15 is 0 Å². The van der Waals surface area contributed by atoms with Gasteiger partial charge in [0.15, 0.2) is 0 Å². The van der Waals surface area contributed by atoms with E-state index in [-0.39, 0.29) is 0 Å². The third-order valence-corrected chi connectivity index (χ3v) is 2.65. The predicted octanol–water partition coefficient (Wildman–Crippen LogP) is 3.19. The summed E-state index contributed by atoms with van der Waals surface area (Å²) < 4.78 is 0. The summed E-state index contributed by atoms with van der Waals surface area (Å²) in [5.41, 5.74) is 10.1. The normalized spacial score (nSPS) is 9.65. The molecule has 84 valence electrons. The van der Waals surface area contributed by atoms with Gasteiger partial charge in [0.2, 0.25) is 0 Å². The average molecular weight is 223 g/mol. The van der Waals surface area contributed by atoms with Crippen LogP contribution in [0.2, 0.25) is 0 Å². The molecule has 0 aromatic heterocycles. The minimum absolute atomic E-state index is 0.636. The number of nitrogens with one attached hydrogen (secondary N) is 1. The summed E-state index contributed by atoms with van der Waals surface area (Å²) in [6.45, 7) is 1.96. The Morgan fingerprint density at radius 3 is 2.71 bits per heavy atom. The number of nitriles is 1. The van der Waals surface area contributed by atoms with Crippen molar-refractivity contribution in [2.75, 3.05) is 11.1 Å². The van der Waals surface area contributed by atoms with Gasteiger partial charge < -0.3 is 11.1 Å². The van der Waals surface area contributed by atoms with E-state index in [1.807, 2.05) is 43.3 Å². The lowest BCUT2D eigenvalue weighted by Gasteiger charge is -2.11. The van der Waals surface area contributed by atoms with Crippen molar-refractivity contribution in [1.29, 1.82) is 5.26 Å². The van der Waals surface area contributed by atoms with Crippen LogP contribution in [0.15, 0.2) is 42.5 Å². The van der Waals surface area contributed by atoms with Crippen LogP contribution in [0.5, 0.6) is 0 Å². The van der Waals surface area contributed by atoms with E-state index in [2.05, 4.69) is 11.4 Å². The number of hydrogen-bond donors (Lipinski definition) is 2. The SMILES string of the molecule is Cc1c(N)cccc1Nc1cccc(C#N)c1. The van der Waals surface area contributed by atoms with Gasteiger partial charge in [-0.05, 0) is 42.8 Å². The van der Waals surface area contributed by atoms with E-state index in [9.17, 15) is 0 Å². The lowest BCUT2D eigenvalue weighted by Crippen LogP contribution is -1.97. The van der Waals surface area contributed by atoms with Crippen LogP contribution in [0.4, 0.5) is 17.1 Å². The summed E-state index contributed by atoms with van der Waals surface area (Å²) in [5.74, 6) is 0. The Morgan fingerprint density at radius 1 is 1.18 bits per heavy atom. The first-order valence-corrected chi connectivity index (χ1v) is 5.33. The van der Waals surface area contributed by atoms with Gasteiger partial charge in [-0.3, -0.25) is 0 Å². The second-order valence-corrected chi connectivity index (χ2v) is 3.84. The molecule has 2 aromatic rings. The van der Waals surface area contributed by atoms with Crippen LogP contribution in [0.1, 0.15) is 11.1 Å². The van der Waals surface area contributed by atoms with Gasteiger partial charge >= 0.3 is 0 Å². The highest BCUT2D eigenvalue weighted by atomic mass is 14.9. The molecule has 0 aliphatic rings. The summed E-state index contributed by atoms with van der Waals surface area (Å²) in [6.07, 6.45) is 0. The van der Waals surface area contributed by atoms with Gasteiger partial charge in [0.1, 0.15) is 0 Å². The molecule has 0 spiro atoms. The van der Waals surface area contributed by atoms with Crippen molar-refractivity contribution in [2.24, 2.45) is 0 Å². The third-order valence-electron chi connectivity index (χ3n) is 2.65. The van der Waals surface area contributed by atoms with Gasteiger partial charge in [-0.25, -0.2) is 0 Å². The molecule has 3 heteroatoms. The second kappa shape index (κ2) is 4.58. The van der Waals surface area contributed by atoms with Crippen molar-refractivity contribution in [3.8, 4) is 6.07 Å². The largest absolute Gasteiger partial charge is 0.398 e. The lowest BCUT2D eigenvalue weighted by atomic mass is 10.1. The Balaban J connectivity index is 2.32. The van der Waals surface area contributed by atoms with Gasteiger partial charge in [0, 0.05) is 17.1 Å². The zero-order chi connectivity index (χ0) is 12.3. The maximum atomic E-state index is 8.83. The van der Waals surface area contributed by atoms with Crippen molar-refractivity contribution in [3.63, 3.8) is 0 Å². The van der Waals surface area contributed by atoms with Gasteiger partial charge in [0.25, 0.3) is 0 Å². The van der Waals surface area contributed by atoms with Crippen LogP contribution < -0.4 is 11.1 Å². The van der Waals surface area contributed by atoms with E-state index in [1.165, 1.54) is 0 Å². The molecule has 0 unspecified atom stereocenters. The number of nitrogen functional groups attached to an aromatic ring is 1. The number of anilines is 3. The second-order valence-electron chi connectivity index (χ2n) is 3.84. The minimum atomic E-state index is 0.636. The molecule has 2 rings (SSSR count). The molecule has 0 aliphatic heterocycles. The summed E-state index contributed by atoms with van der Waals surface area (Å²) in [6, 6.07) is 15.2. The maximum absolute atomic E-state index is 8.83. The molecule has 0 fully saturated rings. The number of rotatable bonds is 2. The molecule has 0 saturated heterocycles. The van der Waals surface area contributed by atoms with E-state index in [0.717, 1.165) is 22.6 Å². The van der Waals surface area contributed by atoms with E-state index < -0.39 is 0 Å². The Bertz CT molecular complexity index is 582. The number of nitrogens with zero attached hydrogens (tertiary/aromatic N) is 1. The quantitative estimate of drug-likeness (QED) is 0.768. The molecular weight excluding hydrogens is 210 g/mol. The number of benzene rings is 2. The minimum Gasteiger partial charge on any atom is -0.398 e. The molecule has 0 radical (unpaired) electrons. The zero-order valence-electron chi connectivity index (χ0n) is 9.57. The first-order valence-electron chi connectivity index (χ1n) is 5.33. The van der Waals surface area contributed by atoms with Crippen molar-refractivity contribution in [3.05, 3.63) is 53.6 Å². The number of nitrogens with two attached hydrogens (primary N) is 1. The molecule has 0 aliphatic carbocycles. The molecule has 0 bridgehead atoms. The van der Waals surface area contributed by atoms with E-state index in [0.29, 0.717) is 5.56 Å². The number of hydrogen-bond acceptors (Lipinski definition) is 3. The average Bonchev–Trinajstić information content (AvgIpc) is 2.35. The molecule has 0 atom stereocenters. The van der Waals surface area contributed by atoms with Crippen molar-refractivity contribution >= 4 is 17.1 Å². The van der Waals surface area contributed by atoms with Crippen LogP contribution in [-0.2, 0) is 0 Å². The molecule has 0 heterocycles. The Morgan fingerprint density at radius 2 is 1.94 bits per heavy atom. The van der Waals surface area contributed by atoms with Crippen LogP contribution in [0.25, 0.3) is 0 Å². The summed E-state index contributed by atoms with van der Waals surface area (Å²) in [7, 11) is 0. The maximum Gasteiger partial charge on any atom is 0.0992 e. The van der Waals surface area contributed by atoms with Crippen molar-refractivity contribution in [1.82, 2.24) is 0 Å². The first-order chi connectivity index (χ1) is 8.20. The molecule has 0 amide bonds. The van der Waals surface area contributed by atoms with Crippen LogP contribution >= 0.6 is 0 Å². The fraction of sp³-hybridized carbons (Fsp3) is 0.0714. The fourth-order valence-corrected chi connectivity index (χ4v) is 1.61. The third kappa shape index (κ3) is 2.37. The van der Waals surface area contributed by atoms with Gasteiger partial charge in [-0.15, -0.1) is 0 Å². The molecule has 3 N–H and O–H groups in total. The zero-order valence-corrected chi connectivity index (χ0v) is 9.57. The smallest absolute Gasteiger partial charge is 0.0992 e. The Labute approximate surface area is 101 Å². The molecular formula is C14H13N3. The topological polar surface area (TPSA) is 61.8 Å². The monoisotopic (exact) mass is 223 g/mol. The standard InChI is InChI=1S/C14H13N3/c1-10-13(16)6-3-7-14(10)17-12-5-2-4-11(8-12)9-15/h2-8,17H,16H2,1H3. The van der Waals surface area contributed by atoms with Gasteiger partial charge in [-0.2, -0.15) is 5.26 Å². The van der Waals surface area contributed by atoms with Gasteiger partial charge in [-0.1, -0.05) is 12.1 Å². The highest BCUT2D eigenvalue weighted by Crippen LogP contribution is 2.24. The van der Waals surface area contributed by atoms with Crippen LogP contribution in [0.3, 0.4) is 0 Å². The molecule has 3 nitrogen and oxygen atoms in total. The van der Waals surface area contributed by atoms with Crippen LogP contribution in [0, 0.1) is 18.3 Å². The Kier molecular flexibility index (Phi) is 2.97. The Hall–Kier alpha value is -2.47. The highest BCUT2D eigenvalue weighted by Gasteiger charge is 2.01. The summed E-state index contributed by atoms with van der Waals surface area (Å²) in [5, 5.41) is 12.1. The molecule has 2 aromatic carbocycles. The summed E-state index contributed by atoms with van der Waals surface area (Å²) >= 11 is 0. The molecule has 0 saturated carbocycles. The van der Waals surface area contributed by atoms with Crippen molar-refractivity contribution < 1.29 is 0 Å². The van der Waals surface area contributed by atoms with Crippen molar-refractivity contribution in [2.45, 2.75) is 6.92 Å². The lowest BCUT2D eigenvalue weighted by molar-refractivity contribution is 1.42. The predicted molar refractivity (Wildman–Crippen MR) is 70.0 cm³/mol. The van der Waals surface area contributed by atoms with E-state index in [4.69, 9.17) is 11.0 Å². The van der Waals surface area contributed by atoms with E-state index in [1.54, 1.807) is 6.07 Å². The fourth-order valence-electron chi connectivity index (χ4n) is 1.61. The summed E-state index contributed by atoms with van der Waals surface area (Å²) in [4.78, 5) is 0.